The highest BCUT2D eigenvalue weighted by Crippen LogP contribution is 2.31. The number of phenols is 1. The third kappa shape index (κ3) is 2.23. The van der Waals surface area contributed by atoms with Gasteiger partial charge in [-0.3, -0.25) is 4.79 Å². The van der Waals surface area contributed by atoms with Gasteiger partial charge in [-0.1, -0.05) is 17.7 Å². The second kappa shape index (κ2) is 5.42. The van der Waals surface area contributed by atoms with E-state index in [4.69, 9.17) is 11.6 Å². The van der Waals surface area contributed by atoms with Gasteiger partial charge in [0.25, 0.3) is 5.56 Å². The Morgan fingerprint density at radius 2 is 2.14 bits per heavy atom. The molecule has 0 aliphatic carbocycles. The maximum atomic E-state index is 14.1. The monoisotopic (exact) mass is 318 g/mol. The Morgan fingerprint density at radius 3 is 2.82 bits per heavy atom. The van der Waals surface area contributed by atoms with Gasteiger partial charge in [0.2, 0.25) is 0 Å². The molecule has 0 amide bonds. The first-order valence-corrected chi connectivity index (χ1v) is 7.07. The van der Waals surface area contributed by atoms with E-state index in [0.29, 0.717) is 17.4 Å². The minimum atomic E-state index is -0.652. The average Bonchev–Trinajstić information content (AvgIpc) is 2.48. The van der Waals surface area contributed by atoms with E-state index in [9.17, 15) is 14.3 Å². The molecular weight excluding hydrogens is 307 g/mol. The molecule has 0 atom stereocenters. The Labute approximate surface area is 130 Å². The third-order valence-electron chi connectivity index (χ3n) is 3.52. The number of aryl methyl sites for hydroxylation is 1. The van der Waals surface area contributed by atoms with Crippen LogP contribution in [0.2, 0.25) is 5.15 Å². The molecule has 6 heteroatoms. The molecule has 2 heterocycles. The number of nitrogens with zero attached hydrogens (tertiary/aromatic N) is 2. The second-order valence-corrected chi connectivity index (χ2v) is 5.19. The lowest BCUT2D eigenvalue weighted by atomic mass is 10.0. The molecule has 0 saturated carbocycles. The molecule has 0 unspecified atom stereocenters. The van der Waals surface area contributed by atoms with Crippen LogP contribution in [-0.2, 0) is 6.54 Å². The minimum absolute atomic E-state index is 0.0917. The van der Waals surface area contributed by atoms with Crippen molar-refractivity contribution in [1.29, 1.82) is 0 Å². The summed E-state index contributed by atoms with van der Waals surface area (Å²) in [5.41, 5.74) is 0.213. The van der Waals surface area contributed by atoms with Gasteiger partial charge in [-0.05, 0) is 31.2 Å². The first-order valence-electron chi connectivity index (χ1n) is 6.70. The number of hydrogen-bond acceptors (Lipinski definition) is 3. The van der Waals surface area contributed by atoms with Crippen LogP contribution in [0.1, 0.15) is 6.92 Å². The number of benzene rings is 1. The molecular formula is C16H12ClFN2O2. The lowest BCUT2D eigenvalue weighted by Crippen LogP contribution is -2.21. The van der Waals surface area contributed by atoms with Gasteiger partial charge >= 0.3 is 0 Å². The summed E-state index contributed by atoms with van der Waals surface area (Å²) in [6, 6.07) is 7.04. The summed E-state index contributed by atoms with van der Waals surface area (Å²) in [6.07, 6.45) is 1.52. The van der Waals surface area contributed by atoms with Crippen LogP contribution < -0.4 is 5.56 Å². The van der Waals surface area contributed by atoms with E-state index in [0.717, 1.165) is 0 Å². The zero-order valence-corrected chi connectivity index (χ0v) is 12.4. The quantitative estimate of drug-likeness (QED) is 0.735. The van der Waals surface area contributed by atoms with Crippen molar-refractivity contribution >= 4 is 22.5 Å². The Balaban J connectivity index is 2.44. The van der Waals surface area contributed by atoms with Gasteiger partial charge in [0.05, 0.1) is 16.6 Å². The van der Waals surface area contributed by atoms with E-state index in [1.165, 1.54) is 35.0 Å². The molecule has 0 aliphatic rings. The van der Waals surface area contributed by atoms with Gasteiger partial charge in [-0.15, -0.1) is 0 Å². The molecule has 4 nitrogen and oxygen atoms in total. The predicted molar refractivity (Wildman–Crippen MR) is 83.7 cm³/mol. The highest BCUT2D eigenvalue weighted by Gasteiger charge is 2.17. The first-order chi connectivity index (χ1) is 10.5. The Morgan fingerprint density at radius 1 is 1.36 bits per heavy atom. The van der Waals surface area contributed by atoms with Crippen molar-refractivity contribution in [2.45, 2.75) is 13.5 Å². The molecule has 0 saturated heterocycles. The van der Waals surface area contributed by atoms with Crippen molar-refractivity contribution in [1.82, 2.24) is 9.55 Å². The summed E-state index contributed by atoms with van der Waals surface area (Å²) in [4.78, 5) is 16.6. The molecule has 3 aromatic rings. The molecule has 0 spiro atoms. The van der Waals surface area contributed by atoms with E-state index in [1.807, 2.05) is 0 Å². The SMILES string of the molecule is CCn1c(=O)c(-c2c(O)cccc2F)cc2cnc(Cl)cc21. The molecule has 1 N–H and O–H groups in total. The first kappa shape index (κ1) is 14.5. The fraction of sp³-hybridized carbons (Fsp3) is 0.125. The molecule has 0 fully saturated rings. The van der Waals surface area contributed by atoms with E-state index in [1.54, 1.807) is 13.0 Å². The summed E-state index contributed by atoms with van der Waals surface area (Å²) in [5.74, 6) is -0.929. The van der Waals surface area contributed by atoms with Gasteiger partial charge in [0.1, 0.15) is 16.7 Å². The van der Waals surface area contributed by atoms with E-state index in [-0.39, 0.29) is 22.0 Å². The van der Waals surface area contributed by atoms with Crippen molar-refractivity contribution in [3.63, 3.8) is 0 Å². The average molecular weight is 319 g/mol. The maximum absolute atomic E-state index is 14.1. The molecule has 1 aromatic carbocycles. The van der Waals surface area contributed by atoms with Crippen LogP contribution in [0.4, 0.5) is 4.39 Å². The number of aromatic hydroxyl groups is 1. The van der Waals surface area contributed by atoms with Gasteiger partial charge in [0, 0.05) is 18.1 Å². The number of phenolic OH excluding ortho intramolecular Hbond substituents is 1. The molecule has 112 valence electrons. The smallest absolute Gasteiger partial charge is 0.259 e. The molecule has 3 rings (SSSR count). The fourth-order valence-electron chi connectivity index (χ4n) is 2.52. The maximum Gasteiger partial charge on any atom is 0.259 e. The van der Waals surface area contributed by atoms with Crippen LogP contribution in [0.15, 0.2) is 41.3 Å². The van der Waals surface area contributed by atoms with Gasteiger partial charge in [0.15, 0.2) is 0 Å². The molecule has 0 bridgehead atoms. The summed E-state index contributed by atoms with van der Waals surface area (Å²) in [7, 11) is 0. The van der Waals surface area contributed by atoms with Crippen LogP contribution in [0.5, 0.6) is 5.75 Å². The Kier molecular flexibility index (Phi) is 3.58. The van der Waals surface area contributed by atoms with Gasteiger partial charge in [-0.2, -0.15) is 0 Å². The van der Waals surface area contributed by atoms with Crippen LogP contribution in [-0.4, -0.2) is 14.7 Å². The summed E-state index contributed by atoms with van der Waals surface area (Å²) < 4.78 is 15.5. The van der Waals surface area contributed by atoms with Crippen molar-refractivity contribution in [3.05, 3.63) is 57.9 Å². The largest absolute Gasteiger partial charge is 0.507 e. The van der Waals surface area contributed by atoms with Crippen molar-refractivity contribution in [2.24, 2.45) is 0 Å². The molecule has 0 aliphatic heterocycles. The second-order valence-electron chi connectivity index (χ2n) is 4.81. The summed E-state index contributed by atoms with van der Waals surface area (Å²) in [5, 5.41) is 10.8. The highest BCUT2D eigenvalue weighted by molar-refractivity contribution is 6.30. The van der Waals surface area contributed by atoms with Crippen molar-refractivity contribution in [2.75, 3.05) is 0 Å². The van der Waals surface area contributed by atoms with E-state index < -0.39 is 11.4 Å². The number of rotatable bonds is 2. The molecule has 0 radical (unpaired) electrons. The molecule has 22 heavy (non-hydrogen) atoms. The lowest BCUT2D eigenvalue weighted by Gasteiger charge is -2.12. The number of hydrogen-bond donors (Lipinski definition) is 1. The zero-order valence-electron chi connectivity index (χ0n) is 11.7. The topological polar surface area (TPSA) is 55.1 Å². The van der Waals surface area contributed by atoms with Crippen LogP contribution in [0.25, 0.3) is 22.0 Å². The Bertz CT molecular complexity index is 917. The predicted octanol–water partition coefficient (Wildman–Crippen LogP) is 3.58. The van der Waals surface area contributed by atoms with E-state index >= 15 is 0 Å². The minimum Gasteiger partial charge on any atom is -0.507 e. The normalized spacial score (nSPS) is 11.0. The van der Waals surface area contributed by atoms with Gasteiger partial charge < -0.3 is 9.67 Å². The van der Waals surface area contributed by atoms with Crippen LogP contribution >= 0.6 is 11.6 Å². The fourth-order valence-corrected chi connectivity index (χ4v) is 2.67. The number of aromatic nitrogens is 2. The van der Waals surface area contributed by atoms with E-state index in [2.05, 4.69) is 4.98 Å². The summed E-state index contributed by atoms with van der Waals surface area (Å²) in [6.45, 7) is 2.19. The van der Waals surface area contributed by atoms with Crippen molar-refractivity contribution < 1.29 is 9.50 Å². The number of halogens is 2. The van der Waals surface area contributed by atoms with Crippen molar-refractivity contribution in [3.8, 4) is 16.9 Å². The Hall–Kier alpha value is -2.40. The standard InChI is InChI=1S/C16H12ClFN2O2/c1-2-20-12-7-14(17)19-8-9(12)6-10(16(20)22)15-11(18)4-3-5-13(15)21/h3-8,21H,2H2,1H3. The number of pyridine rings is 2. The van der Waals surface area contributed by atoms with Gasteiger partial charge in [-0.25, -0.2) is 9.37 Å². The van der Waals surface area contributed by atoms with Crippen LogP contribution in [0.3, 0.4) is 0 Å². The lowest BCUT2D eigenvalue weighted by molar-refractivity contribution is 0.472. The summed E-state index contributed by atoms with van der Waals surface area (Å²) >= 11 is 5.88. The van der Waals surface area contributed by atoms with Crippen LogP contribution in [0, 0.1) is 5.82 Å². The molecule has 2 aromatic heterocycles. The zero-order chi connectivity index (χ0) is 15.9. The third-order valence-corrected chi connectivity index (χ3v) is 3.73. The number of fused-ring (bicyclic) bond motifs is 1. The highest BCUT2D eigenvalue weighted by atomic mass is 35.5.